The minimum absolute atomic E-state index is 0.00532. The first-order chi connectivity index (χ1) is 9.49. The van der Waals surface area contributed by atoms with Crippen molar-refractivity contribution in [2.75, 3.05) is 25.5 Å². The molecule has 0 unspecified atom stereocenters. The van der Waals surface area contributed by atoms with Crippen molar-refractivity contribution < 1.29 is 9.59 Å². The minimum Gasteiger partial charge on any atom is -0.373 e. The number of amides is 2. The first kappa shape index (κ1) is 14.6. The van der Waals surface area contributed by atoms with Crippen LogP contribution >= 0.6 is 15.9 Å². The van der Waals surface area contributed by atoms with E-state index >= 15 is 0 Å². The van der Waals surface area contributed by atoms with E-state index in [1.165, 1.54) is 6.08 Å². The summed E-state index contributed by atoms with van der Waals surface area (Å²) in [6, 6.07) is 0.00532. The third-order valence-electron chi connectivity index (χ3n) is 3.35. The van der Waals surface area contributed by atoms with Crippen molar-refractivity contribution in [1.82, 2.24) is 14.7 Å². The number of nitrogens with two attached hydrogens (primary N) is 1. The number of nitrogens with zero attached hydrogens (tertiary/aromatic N) is 3. The normalized spacial score (nSPS) is 18.1. The Morgan fingerprint density at radius 1 is 1.60 bits per heavy atom. The number of hydrogen-bond donors (Lipinski definition) is 2. The maximum absolute atomic E-state index is 11.6. The molecule has 2 heterocycles. The van der Waals surface area contributed by atoms with Gasteiger partial charge in [0.1, 0.15) is 16.0 Å². The van der Waals surface area contributed by atoms with Gasteiger partial charge in [0.2, 0.25) is 5.91 Å². The highest BCUT2D eigenvalue weighted by Gasteiger charge is 2.31. The summed E-state index contributed by atoms with van der Waals surface area (Å²) >= 11 is 3.24. The molecule has 0 aliphatic carbocycles. The SMILES string of the molecule is C=CC(=O)N1CC[C@H](n2nc(Br)c(C(N)=O)c2NC)C1. The Balaban J connectivity index is 2.31. The number of hydrogen-bond acceptors (Lipinski definition) is 4. The lowest BCUT2D eigenvalue weighted by Crippen LogP contribution is -2.27. The van der Waals surface area contributed by atoms with Gasteiger partial charge in [0.15, 0.2) is 0 Å². The van der Waals surface area contributed by atoms with Crippen LogP contribution in [0.25, 0.3) is 0 Å². The molecule has 0 saturated carbocycles. The van der Waals surface area contributed by atoms with E-state index in [2.05, 4.69) is 32.9 Å². The molecule has 1 fully saturated rings. The number of rotatable bonds is 4. The van der Waals surface area contributed by atoms with Crippen molar-refractivity contribution in [3.05, 3.63) is 22.8 Å². The van der Waals surface area contributed by atoms with Crippen LogP contribution in [-0.2, 0) is 4.79 Å². The molecule has 108 valence electrons. The Morgan fingerprint density at radius 3 is 2.85 bits per heavy atom. The van der Waals surface area contributed by atoms with Crippen molar-refractivity contribution in [3.63, 3.8) is 0 Å². The fourth-order valence-corrected chi connectivity index (χ4v) is 2.95. The molecule has 1 aromatic heterocycles. The third kappa shape index (κ3) is 2.43. The van der Waals surface area contributed by atoms with Gasteiger partial charge in [-0.1, -0.05) is 6.58 Å². The van der Waals surface area contributed by atoms with Gasteiger partial charge in [-0.3, -0.25) is 9.59 Å². The summed E-state index contributed by atoms with van der Waals surface area (Å²) in [4.78, 5) is 24.8. The van der Waals surface area contributed by atoms with Crippen molar-refractivity contribution in [2.45, 2.75) is 12.5 Å². The summed E-state index contributed by atoms with van der Waals surface area (Å²) in [5.74, 6) is -0.0911. The number of anilines is 1. The summed E-state index contributed by atoms with van der Waals surface area (Å²) in [6.45, 7) is 4.66. The van der Waals surface area contributed by atoms with Gasteiger partial charge in [-0.25, -0.2) is 4.68 Å². The van der Waals surface area contributed by atoms with E-state index in [0.29, 0.717) is 29.1 Å². The number of halogens is 1. The monoisotopic (exact) mass is 341 g/mol. The predicted molar refractivity (Wildman–Crippen MR) is 78.4 cm³/mol. The van der Waals surface area contributed by atoms with Crippen LogP contribution < -0.4 is 11.1 Å². The van der Waals surface area contributed by atoms with Gasteiger partial charge in [0, 0.05) is 20.1 Å². The average molecular weight is 342 g/mol. The van der Waals surface area contributed by atoms with Crippen LogP contribution in [-0.4, -0.2) is 46.6 Å². The molecule has 0 spiro atoms. The highest BCUT2D eigenvalue weighted by atomic mass is 79.9. The summed E-state index contributed by atoms with van der Waals surface area (Å²) in [5, 5.41) is 7.26. The zero-order chi connectivity index (χ0) is 14.9. The van der Waals surface area contributed by atoms with Crippen LogP contribution in [0.4, 0.5) is 5.82 Å². The van der Waals surface area contributed by atoms with E-state index in [4.69, 9.17) is 5.73 Å². The largest absolute Gasteiger partial charge is 0.373 e. The number of primary amides is 1. The molecule has 1 aromatic rings. The van der Waals surface area contributed by atoms with E-state index in [9.17, 15) is 9.59 Å². The second-order valence-electron chi connectivity index (χ2n) is 4.50. The fourth-order valence-electron chi connectivity index (χ4n) is 2.40. The zero-order valence-electron chi connectivity index (χ0n) is 11.1. The molecule has 0 radical (unpaired) electrons. The number of aromatic nitrogens is 2. The van der Waals surface area contributed by atoms with Crippen molar-refractivity contribution in [2.24, 2.45) is 5.73 Å². The van der Waals surface area contributed by atoms with E-state index in [0.717, 1.165) is 6.42 Å². The Hall–Kier alpha value is -1.83. The Labute approximate surface area is 124 Å². The molecule has 1 saturated heterocycles. The van der Waals surface area contributed by atoms with Crippen LogP contribution in [0.2, 0.25) is 0 Å². The highest BCUT2D eigenvalue weighted by molar-refractivity contribution is 9.10. The molecular formula is C12H16BrN5O2. The Morgan fingerprint density at radius 2 is 2.30 bits per heavy atom. The first-order valence-corrected chi connectivity index (χ1v) is 6.95. The molecule has 1 atom stereocenters. The van der Waals surface area contributed by atoms with E-state index in [1.54, 1.807) is 16.6 Å². The van der Waals surface area contributed by atoms with Gasteiger partial charge < -0.3 is 16.0 Å². The number of carbonyl (C=O) groups is 2. The van der Waals surface area contributed by atoms with Gasteiger partial charge in [0.25, 0.3) is 5.91 Å². The van der Waals surface area contributed by atoms with Gasteiger partial charge in [-0.05, 0) is 28.4 Å². The number of carbonyl (C=O) groups excluding carboxylic acids is 2. The maximum atomic E-state index is 11.6. The quantitative estimate of drug-likeness (QED) is 0.790. The second-order valence-corrected chi connectivity index (χ2v) is 5.26. The lowest BCUT2D eigenvalue weighted by molar-refractivity contribution is -0.125. The van der Waals surface area contributed by atoms with E-state index in [1.807, 2.05) is 0 Å². The van der Waals surface area contributed by atoms with Gasteiger partial charge in [-0.2, -0.15) is 5.10 Å². The molecule has 7 nitrogen and oxygen atoms in total. The average Bonchev–Trinajstić information content (AvgIpc) is 3.01. The Bertz CT molecular complexity index is 568. The van der Waals surface area contributed by atoms with Gasteiger partial charge >= 0.3 is 0 Å². The molecular weight excluding hydrogens is 326 g/mol. The van der Waals surface area contributed by atoms with E-state index in [-0.39, 0.29) is 11.9 Å². The predicted octanol–water partition coefficient (Wildman–Crippen LogP) is 0.746. The molecule has 0 aromatic carbocycles. The minimum atomic E-state index is -0.551. The molecule has 1 aliphatic heterocycles. The highest BCUT2D eigenvalue weighted by Crippen LogP contribution is 2.31. The van der Waals surface area contributed by atoms with Crippen LogP contribution in [0, 0.1) is 0 Å². The summed E-state index contributed by atoms with van der Waals surface area (Å²) < 4.78 is 2.11. The molecule has 2 amide bonds. The summed E-state index contributed by atoms with van der Waals surface area (Å²) in [5.41, 5.74) is 5.68. The lowest BCUT2D eigenvalue weighted by atomic mass is 10.2. The topological polar surface area (TPSA) is 93.2 Å². The van der Waals surface area contributed by atoms with Crippen LogP contribution in [0.15, 0.2) is 17.3 Å². The van der Waals surface area contributed by atoms with Gasteiger partial charge in [0.05, 0.1) is 6.04 Å². The summed E-state index contributed by atoms with van der Waals surface area (Å²) in [6.07, 6.45) is 2.07. The lowest BCUT2D eigenvalue weighted by Gasteiger charge is -2.16. The zero-order valence-corrected chi connectivity index (χ0v) is 12.7. The third-order valence-corrected chi connectivity index (χ3v) is 3.90. The molecule has 20 heavy (non-hydrogen) atoms. The molecule has 2 rings (SSSR count). The second kappa shape index (κ2) is 5.66. The standard InChI is InChI=1S/C12H16BrN5O2/c1-3-8(19)17-5-4-7(6-17)18-12(15-2)9(11(14)20)10(13)16-18/h3,7,15H,1,4-6H2,2H3,(H2,14,20)/t7-/m0/s1. The number of likely N-dealkylation sites (tertiary alicyclic amines) is 1. The molecule has 0 bridgehead atoms. The smallest absolute Gasteiger partial charge is 0.255 e. The van der Waals surface area contributed by atoms with Gasteiger partial charge in [-0.15, -0.1) is 0 Å². The van der Waals surface area contributed by atoms with Crippen LogP contribution in [0.3, 0.4) is 0 Å². The summed E-state index contributed by atoms with van der Waals surface area (Å²) in [7, 11) is 1.70. The van der Waals surface area contributed by atoms with Crippen molar-refractivity contribution in [1.29, 1.82) is 0 Å². The molecule has 1 aliphatic rings. The van der Waals surface area contributed by atoms with Crippen LogP contribution in [0.5, 0.6) is 0 Å². The Kier molecular flexibility index (Phi) is 4.12. The molecule has 3 N–H and O–H groups in total. The van der Waals surface area contributed by atoms with Crippen molar-refractivity contribution >= 4 is 33.6 Å². The van der Waals surface area contributed by atoms with E-state index < -0.39 is 5.91 Å². The fraction of sp³-hybridized carbons (Fsp3) is 0.417. The van der Waals surface area contributed by atoms with Crippen LogP contribution in [0.1, 0.15) is 22.8 Å². The maximum Gasteiger partial charge on any atom is 0.255 e. The van der Waals surface area contributed by atoms with Crippen molar-refractivity contribution in [3.8, 4) is 0 Å². The number of nitrogens with one attached hydrogen (secondary N) is 1. The first-order valence-electron chi connectivity index (χ1n) is 6.16. The molecule has 8 heteroatoms.